The number of benzene rings is 2. The molecule has 0 N–H and O–H groups in total. The lowest BCUT2D eigenvalue weighted by molar-refractivity contribution is -0.274. The van der Waals surface area contributed by atoms with Crippen LogP contribution in [0, 0.1) is 0 Å². The zero-order valence-corrected chi connectivity index (χ0v) is 23.3. The number of ether oxygens (including phenoxy) is 2. The molecule has 0 spiro atoms. The van der Waals surface area contributed by atoms with Crippen LogP contribution in [0.1, 0.15) is 75.2 Å². The number of hydrogen-bond donors (Lipinski definition) is 0. The standard InChI is InChI=1S/C28H33F3N2O6S/c1-3-4-5-6-7-8-9-10-11-19-38-27(35)25-26(34)24-22(13-12-14-23(24)40(2,36)37)33(32-25)20-15-17-21(18-16-20)39-28(29,30)31/h12-18H,3-11,19H2,1-2H3. The summed E-state index contributed by atoms with van der Waals surface area (Å²) in [5.41, 5.74) is -1.33. The van der Waals surface area contributed by atoms with Gasteiger partial charge in [-0.2, -0.15) is 5.10 Å². The molecular formula is C28H33F3N2O6S. The second-order valence-electron chi connectivity index (χ2n) is 9.52. The lowest BCUT2D eigenvalue weighted by atomic mass is 10.1. The van der Waals surface area contributed by atoms with Crippen LogP contribution in [-0.4, -0.2) is 43.4 Å². The minimum atomic E-state index is -4.89. The van der Waals surface area contributed by atoms with Crippen LogP contribution >= 0.6 is 0 Å². The SMILES string of the molecule is CCCCCCCCCCCOC(=O)c1nn(-c2ccc(OC(F)(F)F)cc2)c2cccc(S(C)(=O)=O)c2c1=O. The van der Waals surface area contributed by atoms with Crippen molar-refractivity contribution >= 4 is 26.7 Å². The van der Waals surface area contributed by atoms with Gasteiger partial charge in [-0.3, -0.25) is 4.79 Å². The number of nitrogens with zero attached hydrogens (tertiary/aromatic N) is 2. The fourth-order valence-corrected chi connectivity index (χ4v) is 5.21. The first-order valence-corrected chi connectivity index (χ1v) is 15.1. The summed E-state index contributed by atoms with van der Waals surface area (Å²) in [5.74, 6) is -1.50. The third kappa shape index (κ3) is 8.54. The molecule has 8 nitrogen and oxygen atoms in total. The normalized spacial score (nSPS) is 12.0. The zero-order chi connectivity index (χ0) is 29.3. The van der Waals surface area contributed by atoms with Crippen LogP contribution in [0.15, 0.2) is 52.2 Å². The molecule has 0 atom stereocenters. The highest BCUT2D eigenvalue weighted by Crippen LogP contribution is 2.26. The van der Waals surface area contributed by atoms with Crippen molar-refractivity contribution < 1.29 is 35.9 Å². The lowest BCUT2D eigenvalue weighted by Gasteiger charge is -2.15. The number of carbonyl (C=O) groups excluding carboxylic acids is 1. The molecule has 218 valence electrons. The number of esters is 1. The number of carbonyl (C=O) groups is 1. The zero-order valence-electron chi connectivity index (χ0n) is 22.5. The van der Waals surface area contributed by atoms with Crippen molar-refractivity contribution in [1.82, 2.24) is 9.78 Å². The van der Waals surface area contributed by atoms with Gasteiger partial charge >= 0.3 is 12.3 Å². The van der Waals surface area contributed by atoms with Gasteiger partial charge < -0.3 is 9.47 Å². The Kier molecular flexibility index (Phi) is 10.7. The third-order valence-corrected chi connectivity index (χ3v) is 7.40. The number of alkyl halides is 3. The third-order valence-electron chi connectivity index (χ3n) is 6.26. The minimum Gasteiger partial charge on any atom is -0.461 e. The van der Waals surface area contributed by atoms with Gasteiger partial charge in [0.15, 0.2) is 9.84 Å². The van der Waals surface area contributed by atoms with Crippen molar-refractivity contribution in [3.63, 3.8) is 0 Å². The molecule has 2 aromatic carbocycles. The fraction of sp³-hybridized carbons (Fsp3) is 0.464. The van der Waals surface area contributed by atoms with Crippen molar-refractivity contribution in [1.29, 1.82) is 0 Å². The van der Waals surface area contributed by atoms with Gasteiger partial charge in [0.05, 0.1) is 28.1 Å². The van der Waals surface area contributed by atoms with Crippen molar-refractivity contribution in [2.75, 3.05) is 12.9 Å². The first-order chi connectivity index (χ1) is 18.9. The molecule has 12 heteroatoms. The Labute approximate surface area is 231 Å². The molecule has 0 aliphatic carbocycles. The fourth-order valence-electron chi connectivity index (χ4n) is 4.32. The van der Waals surface area contributed by atoms with Crippen LogP contribution in [-0.2, 0) is 14.6 Å². The van der Waals surface area contributed by atoms with E-state index in [1.165, 1.54) is 56.0 Å². The summed E-state index contributed by atoms with van der Waals surface area (Å²) in [4.78, 5) is 25.9. The summed E-state index contributed by atoms with van der Waals surface area (Å²) >= 11 is 0. The molecule has 0 aliphatic rings. The average Bonchev–Trinajstić information content (AvgIpc) is 2.89. The maximum absolute atomic E-state index is 13.3. The van der Waals surface area contributed by atoms with E-state index in [1.54, 1.807) is 0 Å². The summed E-state index contributed by atoms with van der Waals surface area (Å²) in [7, 11) is -3.90. The number of hydrogen-bond acceptors (Lipinski definition) is 7. The molecule has 0 bridgehead atoms. The Morgan fingerprint density at radius 2 is 1.52 bits per heavy atom. The molecule has 0 fully saturated rings. The summed E-state index contributed by atoms with van der Waals surface area (Å²) in [6, 6.07) is 8.62. The lowest BCUT2D eigenvalue weighted by Crippen LogP contribution is -2.25. The van der Waals surface area contributed by atoms with E-state index in [9.17, 15) is 31.2 Å². The Morgan fingerprint density at radius 3 is 2.10 bits per heavy atom. The van der Waals surface area contributed by atoms with Crippen LogP contribution in [0.4, 0.5) is 13.2 Å². The second kappa shape index (κ2) is 13.8. The van der Waals surface area contributed by atoms with Gasteiger partial charge in [-0.25, -0.2) is 17.9 Å². The Morgan fingerprint density at radius 1 is 0.925 bits per heavy atom. The number of aromatic nitrogens is 2. The molecule has 3 aromatic rings. The van der Waals surface area contributed by atoms with Gasteiger partial charge in [-0.05, 0) is 42.8 Å². The second-order valence-corrected chi connectivity index (χ2v) is 11.5. The Bertz CT molecular complexity index is 1470. The van der Waals surface area contributed by atoms with Crippen molar-refractivity contribution in [2.24, 2.45) is 0 Å². The number of halogens is 3. The van der Waals surface area contributed by atoms with E-state index in [2.05, 4.69) is 16.8 Å². The van der Waals surface area contributed by atoms with E-state index < -0.39 is 39.0 Å². The van der Waals surface area contributed by atoms with Crippen molar-refractivity contribution in [3.8, 4) is 11.4 Å². The molecule has 1 heterocycles. The molecule has 40 heavy (non-hydrogen) atoms. The Hall–Kier alpha value is -3.41. The summed E-state index contributed by atoms with van der Waals surface area (Å²) in [6.07, 6.45) is 5.60. The van der Waals surface area contributed by atoms with E-state index in [0.717, 1.165) is 48.8 Å². The van der Waals surface area contributed by atoms with Crippen LogP contribution in [0.2, 0.25) is 0 Å². The molecule has 0 saturated heterocycles. The Balaban J connectivity index is 1.86. The highest BCUT2D eigenvalue weighted by atomic mass is 32.2. The largest absolute Gasteiger partial charge is 0.573 e. The summed E-state index contributed by atoms with van der Waals surface area (Å²) in [5, 5.41) is 3.86. The number of unbranched alkanes of at least 4 members (excludes halogenated alkanes) is 8. The summed E-state index contributed by atoms with van der Waals surface area (Å²) < 4.78 is 73.0. The smallest absolute Gasteiger partial charge is 0.461 e. The van der Waals surface area contributed by atoms with E-state index in [-0.39, 0.29) is 28.1 Å². The van der Waals surface area contributed by atoms with E-state index in [0.29, 0.717) is 6.42 Å². The molecule has 0 saturated carbocycles. The van der Waals surface area contributed by atoms with Gasteiger partial charge in [-0.15, -0.1) is 13.2 Å². The molecule has 3 rings (SSSR count). The maximum atomic E-state index is 13.3. The van der Waals surface area contributed by atoms with E-state index in [1.807, 2.05) is 0 Å². The van der Waals surface area contributed by atoms with Crippen LogP contribution in [0.5, 0.6) is 5.75 Å². The highest BCUT2D eigenvalue weighted by Gasteiger charge is 2.31. The topological polar surface area (TPSA) is 105 Å². The van der Waals surface area contributed by atoms with E-state index in [4.69, 9.17) is 4.74 Å². The van der Waals surface area contributed by atoms with Gasteiger partial charge in [0.1, 0.15) is 5.75 Å². The minimum absolute atomic E-state index is 0.0490. The first-order valence-electron chi connectivity index (χ1n) is 13.2. The van der Waals surface area contributed by atoms with Crippen molar-refractivity contribution in [2.45, 2.75) is 76.0 Å². The molecule has 0 unspecified atom stereocenters. The molecule has 1 aromatic heterocycles. The molecule has 0 aliphatic heterocycles. The van der Waals surface area contributed by atoms with Crippen molar-refractivity contribution in [3.05, 3.63) is 58.4 Å². The number of fused-ring (bicyclic) bond motifs is 1. The van der Waals surface area contributed by atoms with Gasteiger partial charge in [0.25, 0.3) is 0 Å². The number of rotatable bonds is 14. The predicted molar refractivity (Wildman–Crippen MR) is 145 cm³/mol. The van der Waals surface area contributed by atoms with Crippen LogP contribution in [0.25, 0.3) is 16.6 Å². The summed E-state index contributed by atoms with van der Waals surface area (Å²) in [6.45, 7) is 2.23. The average molecular weight is 583 g/mol. The first kappa shape index (κ1) is 31.1. The van der Waals surface area contributed by atoms with Gasteiger partial charge in [0, 0.05) is 6.26 Å². The molecule has 0 radical (unpaired) electrons. The van der Waals surface area contributed by atoms with Crippen LogP contribution < -0.4 is 10.2 Å². The quantitative estimate of drug-likeness (QED) is 0.161. The predicted octanol–water partition coefficient (Wildman–Crippen LogP) is 6.38. The number of sulfone groups is 1. The van der Waals surface area contributed by atoms with Crippen LogP contribution in [0.3, 0.4) is 0 Å². The monoisotopic (exact) mass is 582 g/mol. The van der Waals surface area contributed by atoms with E-state index >= 15 is 0 Å². The molecule has 0 amide bonds. The maximum Gasteiger partial charge on any atom is 0.573 e. The van der Waals surface area contributed by atoms with Gasteiger partial charge in [-0.1, -0.05) is 64.4 Å². The van der Waals surface area contributed by atoms with Gasteiger partial charge in [0.2, 0.25) is 11.1 Å². The molecular weight excluding hydrogens is 549 g/mol. The highest BCUT2D eigenvalue weighted by molar-refractivity contribution is 7.91.